The summed E-state index contributed by atoms with van der Waals surface area (Å²) >= 11 is 0. The smallest absolute Gasteiger partial charge is 0.0833 e. The van der Waals surface area contributed by atoms with Crippen LogP contribution in [0.4, 0.5) is 0 Å². The molecule has 21 heavy (non-hydrogen) atoms. The number of piperidine rings is 1. The fourth-order valence-electron chi connectivity index (χ4n) is 3.06. The minimum atomic E-state index is 0.482. The second-order valence-corrected chi connectivity index (χ2v) is 6.14. The van der Waals surface area contributed by atoms with Gasteiger partial charge in [0.1, 0.15) is 0 Å². The van der Waals surface area contributed by atoms with Crippen molar-refractivity contribution in [3.05, 3.63) is 47.8 Å². The summed E-state index contributed by atoms with van der Waals surface area (Å²) in [5, 5.41) is 12.1. The predicted molar refractivity (Wildman–Crippen MR) is 84.2 cm³/mol. The maximum absolute atomic E-state index is 4.34. The number of nitrogens with zero attached hydrogens (tertiary/aromatic N) is 3. The minimum absolute atomic E-state index is 0.482. The molecule has 0 amide bonds. The lowest BCUT2D eigenvalue weighted by Crippen LogP contribution is -2.30. The largest absolute Gasteiger partial charge is 0.317 e. The molecule has 0 unspecified atom stereocenters. The van der Waals surface area contributed by atoms with Crippen LogP contribution in [0.25, 0.3) is 0 Å². The lowest BCUT2D eigenvalue weighted by molar-refractivity contribution is 0.318. The molecule has 2 heterocycles. The molecule has 112 valence electrons. The van der Waals surface area contributed by atoms with Crippen molar-refractivity contribution in [3.63, 3.8) is 0 Å². The van der Waals surface area contributed by atoms with Gasteiger partial charge in [-0.3, -0.25) is 4.68 Å². The summed E-state index contributed by atoms with van der Waals surface area (Å²) in [4.78, 5) is 0. The molecule has 1 aromatic carbocycles. The average molecular weight is 284 g/mol. The SMILES string of the molecule is C[C@H](Cc1cn(CC2CCNCC2)nn1)c1ccccc1. The van der Waals surface area contributed by atoms with E-state index in [1.165, 1.54) is 18.4 Å². The first kappa shape index (κ1) is 14.3. The third-order valence-electron chi connectivity index (χ3n) is 4.37. The molecule has 1 aromatic heterocycles. The van der Waals surface area contributed by atoms with Crippen molar-refractivity contribution < 1.29 is 0 Å². The van der Waals surface area contributed by atoms with Crippen molar-refractivity contribution in [2.24, 2.45) is 5.92 Å². The summed E-state index contributed by atoms with van der Waals surface area (Å²) < 4.78 is 2.03. The molecular weight excluding hydrogens is 260 g/mol. The third kappa shape index (κ3) is 3.91. The molecule has 3 rings (SSSR count). The molecule has 0 spiro atoms. The summed E-state index contributed by atoms with van der Waals surface area (Å²) in [5.74, 6) is 1.22. The first-order valence-corrected chi connectivity index (χ1v) is 7.96. The normalized spacial score (nSPS) is 17.8. The van der Waals surface area contributed by atoms with E-state index < -0.39 is 0 Å². The summed E-state index contributed by atoms with van der Waals surface area (Å²) in [5.41, 5.74) is 2.46. The Morgan fingerprint density at radius 3 is 2.76 bits per heavy atom. The number of hydrogen-bond donors (Lipinski definition) is 1. The van der Waals surface area contributed by atoms with Crippen molar-refractivity contribution in [3.8, 4) is 0 Å². The van der Waals surface area contributed by atoms with Gasteiger partial charge in [-0.1, -0.05) is 42.5 Å². The minimum Gasteiger partial charge on any atom is -0.317 e. The number of hydrogen-bond acceptors (Lipinski definition) is 3. The van der Waals surface area contributed by atoms with E-state index in [1.807, 2.05) is 4.68 Å². The summed E-state index contributed by atoms with van der Waals surface area (Å²) in [6.07, 6.45) is 5.57. The van der Waals surface area contributed by atoms with E-state index >= 15 is 0 Å². The van der Waals surface area contributed by atoms with Crippen LogP contribution in [0.15, 0.2) is 36.5 Å². The topological polar surface area (TPSA) is 42.7 Å². The molecule has 1 atom stereocenters. The maximum atomic E-state index is 4.34. The van der Waals surface area contributed by atoms with Gasteiger partial charge in [-0.2, -0.15) is 0 Å². The molecule has 4 heteroatoms. The van der Waals surface area contributed by atoms with Gasteiger partial charge in [0.05, 0.1) is 5.69 Å². The van der Waals surface area contributed by atoms with Crippen LogP contribution in [0, 0.1) is 5.92 Å². The van der Waals surface area contributed by atoms with Crippen molar-refractivity contribution >= 4 is 0 Å². The van der Waals surface area contributed by atoms with Gasteiger partial charge in [-0.15, -0.1) is 5.10 Å². The van der Waals surface area contributed by atoms with Gasteiger partial charge in [0.25, 0.3) is 0 Å². The van der Waals surface area contributed by atoms with Crippen LogP contribution in [-0.2, 0) is 13.0 Å². The van der Waals surface area contributed by atoms with Gasteiger partial charge >= 0.3 is 0 Å². The van der Waals surface area contributed by atoms with Gasteiger partial charge in [0.2, 0.25) is 0 Å². The van der Waals surface area contributed by atoms with Crippen molar-refractivity contribution in [1.29, 1.82) is 0 Å². The van der Waals surface area contributed by atoms with Crippen molar-refractivity contribution in [1.82, 2.24) is 20.3 Å². The van der Waals surface area contributed by atoms with Gasteiger partial charge in [0.15, 0.2) is 0 Å². The molecule has 2 aromatic rings. The zero-order valence-corrected chi connectivity index (χ0v) is 12.7. The van der Waals surface area contributed by atoms with Gasteiger partial charge < -0.3 is 5.32 Å². The molecule has 4 nitrogen and oxygen atoms in total. The number of aromatic nitrogens is 3. The van der Waals surface area contributed by atoms with Crippen LogP contribution < -0.4 is 5.32 Å². The van der Waals surface area contributed by atoms with Crippen molar-refractivity contribution in [2.45, 2.75) is 38.6 Å². The zero-order valence-electron chi connectivity index (χ0n) is 12.7. The van der Waals surface area contributed by atoms with E-state index in [1.54, 1.807) is 0 Å². The van der Waals surface area contributed by atoms with Crippen LogP contribution in [0.5, 0.6) is 0 Å². The van der Waals surface area contributed by atoms with Gasteiger partial charge in [0, 0.05) is 12.7 Å². The fourth-order valence-corrected chi connectivity index (χ4v) is 3.06. The molecule has 0 aliphatic carbocycles. The van der Waals surface area contributed by atoms with E-state index in [0.717, 1.165) is 37.7 Å². The standard InChI is InChI=1S/C17H24N4/c1-14(16-5-3-2-4-6-16)11-17-13-21(20-19-17)12-15-7-9-18-10-8-15/h2-6,13-15,18H,7-12H2,1H3/t14-/m1/s1. The molecule has 1 aliphatic heterocycles. The predicted octanol–water partition coefficient (Wildman–Crippen LogP) is 2.62. The Morgan fingerprint density at radius 2 is 2.00 bits per heavy atom. The highest BCUT2D eigenvalue weighted by Crippen LogP contribution is 2.19. The Balaban J connectivity index is 1.57. The number of rotatable bonds is 5. The molecule has 0 saturated carbocycles. The quantitative estimate of drug-likeness (QED) is 0.918. The summed E-state index contributed by atoms with van der Waals surface area (Å²) in [7, 11) is 0. The number of nitrogens with one attached hydrogen (secondary N) is 1. The molecule has 1 fully saturated rings. The summed E-state index contributed by atoms with van der Waals surface area (Å²) in [6, 6.07) is 10.6. The first-order valence-electron chi connectivity index (χ1n) is 7.96. The Labute approximate surface area is 126 Å². The average Bonchev–Trinajstić information content (AvgIpc) is 2.96. The van der Waals surface area contributed by atoms with Gasteiger partial charge in [-0.05, 0) is 49.8 Å². The first-order chi connectivity index (χ1) is 10.3. The highest BCUT2D eigenvalue weighted by Gasteiger charge is 2.15. The Morgan fingerprint density at radius 1 is 1.24 bits per heavy atom. The molecule has 0 bridgehead atoms. The van der Waals surface area contributed by atoms with Crippen LogP contribution in [0.2, 0.25) is 0 Å². The van der Waals surface area contributed by atoms with E-state index in [0.29, 0.717) is 5.92 Å². The van der Waals surface area contributed by atoms with E-state index in [2.05, 4.69) is 59.1 Å². The van der Waals surface area contributed by atoms with Gasteiger partial charge in [-0.25, -0.2) is 0 Å². The number of benzene rings is 1. The Bertz CT molecular complexity index is 543. The fraction of sp³-hybridized carbons (Fsp3) is 0.529. The molecule has 0 radical (unpaired) electrons. The van der Waals surface area contributed by atoms with Crippen LogP contribution >= 0.6 is 0 Å². The van der Waals surface area contributed by atoms with E-state index in [4.69, 9.17) is 0 Å². The lowest BCUT2D eigenvalue weighted by Gasteiger charge is -2.21. The Kier molecular flexibility index (Phi) is 4.65. The van der Waals surface area contributed by atoms with Crippen molar-refractivity contribution in [2.75, 3.05) is 13.1 Å². The monoisotopic (exact) mass is 284 g/mol. The van der Waals surface area contributed by atoms with E-state index in [-0.39, 0.29) is 0 Å². The molecular formula is C17H24N4. The highest BCUT2D eigenvalue weighted by molar-refractivity contribution is 5.20. The molecule has 1 N–H and O–H groups in total. The second-order valence-electron chi connectivity index (χ2n) is 6.14. The Hall–Kier alpha value is -1.68. The molecule has 1 aliphatic rings. The third-order valence-corrected chi connectivity index (χ3v) is 4.37. The lowest BCUT2D eigenvalue weighted by atomic mass is 9.96. The van der Waals surface area contributed by atoms with Crippen LogP contribution in [-0.4, -0.2) is 28.1 Å². The van der Waals surface area contributed by atoms with Crippen LogP contribution in [0.1, 0.15) is 36.9 Å². The second kappa shape index (κ2) is 6.85. The molecule has 1 saturated heterocycles. The van der Waals surface area contributed by atoms with E-state index in [9.17, 15) is 0 Å². The van der Waals surface area contributed by atoms with Crippen LogP contribution in [0.3, 0.4) is 0 Å². The maximum Gasteiger partial charge on any atom is 0.0833 e. The highest BCUT2D eigenvalue weighted by atomic mass is 15.4. The zero-order chi connectivity index (χ0) is 14.5. The summed E-state index contributed by atoms with van der Waals surface area (Å²) in [6.45, 7) is 5.53.